The number of benzene rings is 6. The smallest absolute Gasteiger partial charge is 0.00405 e. The molecule has 0 saturated carbocycles. The minimum absolute atomic E-state index is 0. The first-order valence-corrected chi connectivity index (χ1v) is 33.8. The van der Waals surface area contributed by atoms with Gasteiger partial charge in [-0.15, -0.1) is 0 Å². The molecule has 0 heterocycles. The van der Waals surface area contributed by atoms with Gasteiger partial charge in [0.2, 0.25) is 0 Å². The van der Waals surface area contributed by atoms with Crippen molar-refractivity contribution in [3.05, 3.63) is 226 Å². The van der Waals surface area contributed by atoms with E-state index in [4.69, 9.17) is 28.3 Å². The van der Waals surface area contributed by atoms with Crippen molar-refractivity contribution in [2.24, 2.45) is 4.99 Å². The van der Waals surface area contributed by atoms with Gasteiger partial charge in [0.05, 0.1) is 0 Å². The first-order valence-electron chi connectivity index (χ1n) is 21.9. The molecule has 6 aromatic rings. The van der Waals surface area contributed by atoms with Gasteiger partial charge in [-0.25, -0.2) is 0 Å². The Morgan fingerprint density at radius 1 is 0.465 bits per heavy atom. The van der Waals surface area contributed by atoms with E-state index in [2.05, 4.69) is 278 Å². The van der Waals surface area contributed by atoms with Crippen molar-refractivity contribution in [2.45, 2.75) is 86.0 Å². The molecule has 0 spiro atoms. The summed E-state index contributed by atoms with van der Waals surface area (Å²) in [5, 5.41) is 5.83. The van der Waals surface area contributed by atoms with Crippen LogP contribution in [0.1, 0.15) is 38.8 Å². The maximum Gasteiger partial charge on any atom is 0.00405 e. The molecule has 0 N–H and O–H groups in total. The summed E-state index contributed by atoms with van der Waals surface area (Å²) < 4.78 is 43.1. The molecule has 6 rings (SSSR count). The van der Waals surface area contributed by atoms with Crippen LogP contribution in [0.5, 0.6) is 0 Å². The average molecular weight is 1260 g/mol. The van der Waals surface area contributed by atoms with Crippen molar-refractivity contribution in [3.8, 4) is 0 Å². The van der Waals surface area contributed by atoms with Crippen LogP contribution >= 0.6 is 15.8 Å². The normalized spacial score (nSPS) is 10.1. The van der Waals surface area contributed by atoms with Crippen molar-refractivity contribution >= 4 is 75.2 Å². The minimum Gasteiger partial charge on any atom is -0.0622 e. The zero-order chi connectivity index (χ0) is 52.8. The zero-order valence-corrected chi connectivity index (χ0v) is 52.0. The van der Waals surface area contributed by atoms with Crippen LogP contribution in [0.4, 0.5) is 0 Å². The number of nitrogens with zero attached hydrogens (tertiary/aromatic N) is 3. The van der Waals surface area contributed by atoms with Gasteiger partial charge in [0.1, 0.15) is 0 Å². The van der Waals surface area contributed by atoms with Crippen LogP contribution < -0.4 is 21.2 Å². The summed E-state index contributed by atoms with van der Waals surface area (Å²) in [6.45, 7) is 48.5. The molecule has 0 aliphatic heterocycles. The van der Waals surface area contributed by atoms with Gasteiger partial charge < -0.3 is 0 Å². The molecular formula is C56H67GeN3O5P2Ru2Si2. The molecule has 0 unspecified atom stereocenters. The largest absolute Gasteiger partial charge is 0.0622 e. The molecule has 374 valence electrons. The molecule has 0 fully saturated rings. The third kappa shape index (κ3) is 29.7. The SMILES string of the molecule is CC(C)N=C(c1ccccc1)[N]([Ge][N]([Si](C)(C)C)[Si](C)(C)C)C(C)C.Cc1ccccc1.[C-]#[O+].[C-]#[O+].[C-]#[O+].[C-]#[O+].[C-]#[O+].[Ru].[Ru].c1ccc(P(CP(c2ccccc2)c2ccccc2)c2ccccc2)cc1. The first-order chi connectivity index (χ1) is 33.1. The summed E-state index contributed by atoms with van der Waals surface area (Å²) in [5.74, 6) is 2.36. The van der Waals surface area contributed by atoms with E-state index in [1.165, 1.54) is 44.1 Å². The van der Waals surface area contributed by atoms with Crippen LogP contribution in [0.15, 0.2) is 187 Å². The Hall–Kier alpha value is -3.47. The van der Waals surface area contributed by atoms with E-state index in [1.54, 1.807) is 0 Å². The molecule has 15 heteroatoms. The van der Waals surface area contributed by atoms with E-state index in [0.29, 0.717) is 12.1 Å². The van der Waals surface area contributed by atoms with E-state index >= 15 is 0 Å². The van der Waals surface area contributed by atoms with Crippen LogP contribution in [0.2, 0.25) is 39.3 Å². The van der Waals surface area contributed by atoms with E-state index in [-0.39, 0.29) is 39.0 Å². The Morgan fingerprint density at radius 2 is 0.718 bits per heavy atom. The minimum atomic E-state index is -1.36. The molecule has 0 saturated heterocycles. The molecule has 0 aliphatic carbocycles. The number of hydrogen-bond acceptors (Lipinski definition) is 2. The second kappa shape index (κ2) is 44.1. The summed E-state index contributed by atoms with van der Waals surface area (Å²) in [6, 6.07) is 65.9. The number of amidine groups is 1. The summed E-state index contributed by atoms with van der Waals surface area (Å²) in [5.41, 5.74) is 2.57. The summed E-state index contributed by atoms with van der Waals surface area (Å²) in [4.78, 5) is 5.06. The van der Waals surface area contributed by atoms with E-state index in [1.807, 2.05) is 18.2 Å². The Balaban J connectivity index is -0.000000471. The van der Waals surface area contributed by atoms with Gasteiger partial charge in [-0.2, -0.15) is 0 Å². The van der Waals surface area contributed by atoms with Gasteiger partial charge in [-0.1, -0.05) is 157 Å². The zero-order valence-electron chi connectivity index (χ0n) is 42.7. The third-order valence-electron chi connectivity index (χ3n) is 9.20. The van der Waals surface area contributed by atoms with Crippen LogP contribution in [0.25, 0.3) is 0 Å². The fourth-order valence-corrected chi connectivity index (χ4v) is 28.2. The Bertz CT molecular complexity index is 2130. The van der Waals surface area contributed by atoms with E-state index < -0.39 is 48.2 Å². The molecule has 0 atom stereocenters. The number of rotatable bonds is 13. The van der Waals surface area contributed by atoms with Crippen LogP contribution in [0, 0.1) is 40.2 Å². The number of hydrogen-bond donors (Lipinski definition) is 0. The van der Waals surface area contributed by atoms with Gasteiger partial charge in [0, 0.05) is 44.9 Å². The van der Waals surface area contributed by atoms with Crippen molar-refractivity contribution in [3.63, 3.8) is 0 Å². The molecule has 71 heavy (non-hydrogen) atoms. The van der Waals surface area contributed by atoms with Crippen LogP contribution in [0.3, 0.4) is 0 Å². The van der Waals surface area contributed by atoms with E-state index in [9.17, 15) is 0 Å². The summed E-state index contributed by atoms with van der Waals surface area (Å²) in [7, 11) is -3.54. The molecule has 6 aromatic carbocycles. The molecule has 0 bridgehead atoms. The molecule has 2 radical (unpaired) electrons. The van der Waals surface area contributed by atoms with Gasteiger partial charge in [-0.3, -0.25) is 0 Å². The van der Waals surface area contributed by atoms with Gasteiger partial charge in [-0.05, 0) is 44.0 Å². The van der Waals surface area contributed by atoms with Crippen LogP contribution in [-0.4, -0.2) is 63.2 Å². The van der Waals surface area contributed by atoms with Crippen LogP contribution in [-0.2, 0) is 62.2 Å². The van der Waals surface area contributed by atoms with Gasteiger partial charge >= 0.3 is 222 Å². The fourth-order valence-electron chi connectivity index (χ4n) is 6.66. The Kier molecular flexibility index (Phi) is 46.0. The predicted molar refractivity (Wildman–Crippen MR) is 293 cm³/mol. The van der Waals surface area contributed by atoms with Crippen molar-refractivity contribution < 1.29 is 62.2 Å². The third-order valence-corrected chi connectivity index (χ3v) is 33.7. The maximum absolute atomic E-state index is 7.50. The summed E-state index contributed by atoms with van der Waals surface area (Å²) in [6.07, 6.45) is 0. The second-order valence-corrected chi connectivity index (χ2v) is 36.3. The van der Waals surface area contributed by atoms with Crippen molar-refractivity contribution in [1.82, 2.24) is 7.05 Å². The summed E-state index contributed by atoms with van der Waals surface area (Å²) >= 11 is -0.435. The monoisotopic (exact) mass is 1260 g/mol. The maximum atomic E-state index is 7.50. The number of aryl methyl sites for hydroxylation is 1. The van der Waals surface area contributed by atoms with E-state index in [0.717, 1.165) is 0 Å². The van der Waals surface area contributed by atoms with Crippen molar-refractivity contribution in [1.29, 1.82) is 0 Å². The fraction of sp³-hybridized carbons (Fsp3) is 0.250. The van der Waals surface area contributed by atoms with Crippen molar-refractivity contribution in [2.75, 3.05) is 5.90 Å². The molecule has 8 nitrogen and oxygen atoms in total. The quantitative estimate of drug-likeness (QED) is 0.0286. The standard InChI is InChI=1S/C25H22P2.C19H37GeN3Si2.C7H8.5CO.2Ru/c1-5-13-22(14-6-1)26(23-15-7-2-8-16-23)21-27(24-17-9-3-10-18-24)25-19-11-4-12-20-25;1-16(2)21-19(18-14-12-11-13-15-18)22(17(3)4)20-23(24(5,6)7)25(8,9)10;1-7-5-3-2-4-6-7;5*1-2;;/h1-20H,21H2;11-17H,1-10H3;2-6H,1H3;;;;;;;. The van der Waals surface area contributed by atoms with Gasteiger partial charge in [0.15, 0.2) is 0 Å². The molecule has 0 aliphatic rings. The Morgan fingerprint density at radius 3 is 0.930 bits per heavy atom. The first kappa shape index (κ1) is 74.1. The molecule has 0 aromatic heterocycles. The second-order valence-electron chi connectivity index (χ2n) is 17.1. The average Bonchev–Trinajstić information content (AvgIpc) is 3.38. The van der Waals surface area contributed by atoms with Gasteiger partial charge in [0.25, 0.3) is 0 Å². The topological polar surface area (TPSA) is 118 Å². The number of aliphatic imine (C=N–C) groups is 1. The molecular weight excluding hydrogens is 1190 g/mol. The predicted octanol–water partition coefficient (Wildman–Crippen LogP) is 12.1. The molecule has 0 amide bonds. The Labute approximate surface area is 464 Å².